The molecule has 0 unspecified atom stereocenters. The Hall–Kier alpha value is -1.90. The number of nitrogens with one attached hydrogen (secondary N) is 1. The highest BCUT2D eigenvalue weighted by molar-refractivity contribution is 7.15. The summed E-state index contributed by atoms with van der Waals surface area (Å²) in [4.78, 5) is 26.7. The number of urea groups is 1. The van der Waals surface area contributed by atoms with Crippen LogP contribution in [0.4, 0.5) is 14.7 Å². The molecular formula is C13H19N5O3S. The number of likely N-dealkylation sites (N-methyl/N-ethyl adjacent to an activating group) is 1. The molecule has 2 aliphatic heterocycles. The highest BCUT2D eigenvalue weighted by atomic mass is 32.1. The molecule has 3 heterocycles. The summed E-state index contributed by atoms with van der Waals surface area (Å²) in [7, 11) is 1.69. The smallest absolute Gasteiger partial charge is 0.410 e. The third kappa shape index (κ3) is 2.85. The molecule has 9 heteroatoms. The SMILES string of the molecule is CCCCc1nnc(NC(=O)N2CC3(CN(C)C(=O)O3)C2)s1. The average molecular weight is 325 g/mol. The predicted octanol–water partition coefficient (Wildman–Crippen LogP) is 1.55. The molecule has 0 atom stereocenters. The van der Waals surface area contributed by atoms with Gasteiger partial charge in [-0.1, -0.05) is 24.7 Å². The van der Waals surface area contributed by atoms with Crippen LogP contribution in [0.15, 0.2) is 0 Å². The molecule has 0 radical (unpaired) electrons. The lowest BCUT2D eigenvalue weighted by Crippen LogP contribution is -2.66. The van der Waals surface area contributed by atoms with E-state index in [1.54, 1.807) is 11.9 Å². The van der Waals surface area contributed by atoms with Crippen molar-refractivity contribution in [3.8, 4) is 0 Å². The number of ether oxygens (including phenoxy) is 1. The van der Waals surface area contributed by atoms with Crippen molar-refractivity contribution in [3.63, 3.8) is 0 Å². The Bertz CT molecular complexity index is 584. The lowest BCUT2D eigenvalue weighted by atomic mass is 9.95. The highest BCUT2D eigenvalue weighted by Gasteiger charge is 2.54. The number of anilines is 1. The zero-order chi connectivity index (χ0) is 15.7. The zero-order valence-corrected chi connectivity index (χ0v) is 13.5. The van der Waals surface area contributed by atoms with Crippen LogP contribution in [0.25, 0.3) is 0 Å². The van der Waals surface area contributed by atoms with Gasteiger partial charge in [0.1, 0.15) is 5.01 Å². The van der Waals surface area contributed by atoms with Gasteiger partial charge in [-0.25, -0.2) is 9.59 Å². The van der Waals surface area contributed by atoms with Gasteiger partial charge in [0.2, 0.25) is 5.13 Å². The van der Waals surface area contributed by atoms with E-state index in [1.807, 2.05) is 0 Å². The Morgan fingerprint density at radius 2 is 2.18 bits per heavy atom. The molecule has 120 valence electrons. The number of nitrogens with zero attached hydrogens (tertiary/aromatic N) is 4. The van der Waals surface area contributed by atoms with Gasteiger partial charge in [0.15, 0.2) is 5.60 Å². The highest BCUT2D eigenvalue weighted by Crippen LogP contribution is 2.32. The molecule has 0 saturated carbocycles. The summed E-state index contributed by atoms with van der Waals surface area (Å²) in [6.45, 7) is 3.47. The Labute approximate surface area is 132 Å². The minimum absolute atomic E-state index is 0.227. The third-order valence-corrected chi connectivity index (χ3v) is 4.71. The molecule has 0 bridgehead atoms. The van der Waals surface area contributed by atoms with Gasteiger partial charge in [-0.15, -0.1) is 10.2 Å². The van der Waals surface area contributed by atoms with E-state index >= 15 is 0 Å². The van der Waals surface area contributed by atoms with Gasteiger partial charge in [0.05, 0.1) is 19.6 Å². The van der Waals surface area contributed by atoms with Crippen molar-refractivity contribution >= 4 is 28.6 Å². The lowest BCUT2D eigenvalue weighted by molar-refractivity contribution is -0.0488. The summed E-state index contributed by atoms with van der Waals surface area (Å²) >= 11 is 1.40. The fourth-order valence-electron chi connectivity index (χ4n) is 2.65. The van der Waals surface area contributed by atoms with Crippen molar-refractivity contribution in [3.05, 3.63) is 5.01 Å². The number of aryl methyl sites for hydroxylation is 1. The maximum absolute atomic E-state index is 12.1. The molecule has 22 heavy (non-hydrogen) atoms. The molecule has 0 aromatic carbocycles. The fraction of sp³-hybridized carbons (Fsp3) is 0.692. The van der Waals surface area contributed by atoms with Crippen LogP contribution >= 0.6 is 11.3 Å². The van der Waals surface area contributed by atoms with E-state index in [0.29, 0.717) is 24.8 Å². The van der Waals surface area contributed by atoms with E-state index in [0.717, 1.165) is 24.3 Å². The number of carbonyl (C=O) groups excluding carboxylic acids is 2. The van der Waals surface area contributed by atoms with E-state index in [2.05, 4.69) is 22.4 Å². The quantitative estimate of drug-likeness (QED) is 0.907. The second-order valence-corrected chi connectivity index (χ2v) is 6.86. The number of aromatic nitrogens is 2. The maximum atomic E-state index is 12.1. The van der Waals surface area contributed by atoms with Gasteiger partial charge in [0.25, 0.3) is 0 Å². The molecule has 3 amide bonds. The molecule has 3 rings (SSSR count). The molecule has 1 aromatic heterocycles. The largest absolute Gasteiger partial charge is 0.437 e. The molecule has 2 aliphatic rings. The molecule has 1 spiro atoms. The van der Waals surface area contributed by atoms with E-state index in [-0.39, 0.29) is 12.1 Å². The standard InChI is InChI=1S/C13H19N5O3S/c1-3-4-5-9-15-16-10(22-9)14-11(19)18-7-13(8-18)6-17(2)12(20)21-13/h3-8H2,1-2H3,(H,14,16,19). The average Bonchev–Trinajstić information content (AvgIpc) is 3.00. The van der Waals surface area contributed by atoms with Crippen molar-refractivity contribution in [2.24, 2.45) is 0 Å². The van der Waals surface area contributed by atoms with Crippen molar-refractivity contribution in [2.45, 2.75) is 31.8 Å². The Morgan fingerprint density at radius 3 is 2.82 bits per heavy atom. The molecule has 8 nitrogen and oxygen atoms in total. The molecular weight excluding hydrogens is 306 g/mol. The summed E-state index contributed by atoms with van der Waals surface area (Å²) in [5.74, 6) is 0. The number of rotatable bonds is 4. The Morgan fingerprint density at radius 1 is 1.41 bits per heavy atom. The van der Waals surface area contributed by atoms with Crippen molar-refractivity contribution in [2.75, 3.05) is 32.0 Å². The first-order valence-electron chi connectivity index (χ1n) is 7.34. The van der Waals surface area contributed by atoms with Gasteiger partial charge in [0, 0.05) is 13.5 Å². The molecule has 2 saturated heterocycles. The molecule has 0 aliphatic carbocycles. The summed E-state index contributed by atoms with van der Waals surface area (Å²) < 4.78 is 5.32. The fourth-order valence-corrected chi connectivity index (χ4v) is 3.42. The van der Waals surface area contributed by atoms with E-state index in [9.17, 15) is 9.59 Å². The first kappa shape index (κ1) is 15.0. The second kappa shape index (κ2) is 5.71. The number of carbonyl (C=O) groups is 2. The Kier molecular flexibility index (Phi) is 3.90. The maximum Gasteiger partial charge on any atom is 0.410 e. The minimum Gasteiger partial charge on any atom is -0.437 e. The third-order valence-electron chi connectivity index (χ3n) is 3.81. The summed E-state index contributed by atoms with van der Waals surface area (Å²) in [5, 5.41) is 12.2. The van der Waals surface area contributed by atoms with Crippen LogP contribution in [0.1, 0.15) is 24.8 Å². The minimum atomic E-state index is -0.531. The first-order chi connectivity index (χ1) is 10.5. The van der Waals surface area contributed by atoms with Gasteiger partial charge >= 0.3 is 12.1 Å². The van der Waals surface area contributed by atoms with Crippen LogP contribution in [0.5, 0.6) is 0 Å². The number of amides is 3. The van der Waals surface area contributed by atoms with Crippen LogP contribution in [0.2, 0.25) is 0 Å². The van der Waals surface area contributed by atoms with Gasteiger partial charge < -0.3 is 14.5 Å². The van der Waals surface area contributed by atoms with Crippen LogP contribution in [-0.2, 0) is 11.2 Å². The van der Waals surface area contributed by atoms with Gasteiger partial charge in [-0.3, -0.25) is 5.32 Å². The predicted molar refractivity (Wildman–Crippen MR) is 81.0 cm³/mol. The lowest BCUT2D eigenvalue weighted by Gasteiger charge is -2.44. The van der Waals surface area contributed by atoms with Crippen molar-refractivity contribution < 1.29 is 14.3 Å². The number of hydrogen-bond acceptors (Lipinski definition) is 6. The van der Waals surface area contributed by atoms with Crippen molar-refractivity contribution in [1.82, 2.24) is 20.0 Å². The number of likely N-dealkylation sites (tertiary alicyclic amines) is 1. The normalized spacial score (nSPS) is 19.3. The Balaban J connectivity index is 1.50. The number of hydrogen-bond donors (Lipinski definition) is 1. The van der Waals surface area contributed by atoms with Crippen LogP contribution in [0, 0.1) is 0 Å². The summed E-state index contributed by atoms with van der Waals surface area (Å²) in [5.41, 5.74) is -0.531. The van der Waals surface area contributed by atoms with Crippen LogP contribution < -0.4 is 5.32 Å². The molecule has 1 aromatic rings. The first-order valence-corrected chi connectivity index (χ1v) is 8.15. The monoisotopic (exact) mass is 325 g/mol. The van der Waals surface area contributed by atoms with Crippen LogP contribution in [-0.4, -0.2) is 64.4 Å². The van der Waals surface area contributed by atoms with Crippen molar-refractivity contribution in [1.29, 1.82) is 0 Å². The van der Waals surface area contributed by atoms with Gasteiger partial charge in [-0.2, -0.15) is 0 Å². The van der Waals surface area contributed by atoms with E-state index in [4.69, 9.17) is 4.74 Å². The van der Waals surface area contributed by atoms with Crippen LogP contribution in [0.3, 0.4) is 0 Å². The molecule has 1 N–H and O–H groups in total. The topological polar surface area (TPSA) is 87.7 Å². The number of unbranched alkanes of at least 4 members (excludes halogenated alkanes) is 1. The summed E-state index contributed by atoms with van der Waals surface area (Å²) in [6.07, 6.45) is 2.73. The zero-order valence-electron chi connectivity index (χ0n) is 12.7. The van der Waals surface area contributed by atoms with E-state index < -0.39 is 5.60 Å². The summed E-state index contributed by atoms with van der Waals surface area (Å²) in [6, 6.07) is -0.227. The molecule has 2 fully saturated rings. The van der Waals surface area contributed by atoms with E-state index in [1.165, 1.54) is 16.2 Å². The van der Waals surface area contributed by atoms with Gasteiger partial charge in [-0.05, 0) is 6.42 Å². The second-order valence-electron chi connectivity index (χ2n) is 5.80.